The lowest BCUT2D eigenvalue weighted by atomic mass is 9.91. The SMILES string of the molecule is O=C(O)CN1CC2(CCN(C(=O)C3Cc4ccccc4S3)CC2)OC1=O. The number of ether oxygens (including phenoxy) is 1. The number of carboxylic acid groups (broad SMARTS) is 1. The highest BCUT2D eigenvalue weighted by molar-refractivity contribution is 8.01. The van der Waals surface area contributed by atoms with Gasteiger partial charge in [0.15, 0.2) is 0 Å². The summed E-state index contributed by atoms with van der Waals surface area (Å²) in [5, 5.41) is 8.80. The molecule has 3 aliphatic rings. The Balaban J connectivity index is 1.35. The second-order valence-electron chi connectivity index (χ2n) is 7.04. The number of likely N-dealkylation sites (tertiary alicyclic amines) is 1. The zero-order valence-corrected chi connectivity index (χ0v) is 15.0. The molecule has 3 aliphatic heterocycles. The number of amides is 2. The van der Waals surface area contributed by atoms with E-state index >= 15 is 0 Å². The van der Waals surface area contributed by atoms with Crippen molar-refractivity contribution in [1.29, 1.82) is 0 Å². The topological polar surface area (TPSA) is 87.2 Å². The lowest BCUT2D eigenvalue weighted by Gasteiger charge is -2.38. The van der Waals surface area contributed by atoms with E-state index in [1.807, 2.05) is 23.1 Å². The van der Waals surface area contributed by atoms with Crippen molar-refractivity contribution in [2.45, 2.75) is 35.0 Å². The molecule has 8 heteroatoms. The van der Waals surface area contributed by atoms with E-state index in [4.69, 9.17) is 9.84 Å². The summed E-state index contributed by atoms with van der Waals surface area (Å²) in [5.74, 6) is -0.919. The molecule has 1 aromatic carbocycles. The van der Waals surface area contributed by atoms with Crippen LogP contribution in [0.15, 0.2) is 29.2 Å². The monoisotopic (exact) mass is 376 g/mol. The molecule has 4 rings (SSSR count). The van der Waals surface area contributed by atoms with Crippen LogP contribution < -0.4 is 0 Å². The van der Waals surface area contributed by atoms with Crippen molar-refractivity contribution in [2.24, 2.45) is 0 Å². The van der Waals surface area contributed by atoms with Gasteiger partial charge in [-0.25, -0.2) is 4.79 Å². The molecule has 0 aromatic heterocycles. The minimum atomic E-state index is -1.05. The number of rotatable bonds is 3. The Morgan fingerprint density at radius 2 is 2.00 bits per heavy atom. The standard InChI is InChI=1S/C18H20N2O5S/c21-15(22)10-20-11-18(25-17(20)24)5-7-19(8-6-18)16(23)14-9-12-3-1-2-4-13(12)26-14/h1-4,14H,5-11H2,(H,21,22). The Morgan fingerprint density at radius 3 is 2.69 bits per heavy atom. The zero-order chi connectivity index (χ0) is 18.3. The second kappa shape index (κ2) is 6.50. The fraction of sp³-hybridized carbons (Fsp3) is 0.500. The molecule has 1 atom stereocenters. The van der Waals surface area contributed by atoms with Crippen LogP contribution in [0.3, 0.4) is 0 Å². The minimum Gasteiger partial charge on any atom is -0.480 e. The molecule has 1 spiro atoms. The van der Waals surface area contributed by atoms with E-state index in [1.54, 1.807) is 11.8 Å². The van der Waals surface area contributed by atoms with Crippen LogP contribution in [0.4, 0.5) is 4.79 Å². The summed E-state index contributed by atoms with van der Waals surface area (Å²) in [6.07, 6.45) is 1.27. The average molecular weight is 376 g/mol. The van der Waals surface area contributed by atoms with Crippen LogP contribution in [0.2, 0.25) is 0 Å². The summed E-state index contributed by atoms with van der Waals surface area (Å²) in [5.41, 5.74) is 0.563. The molecule has 2 fully saturated rings. The van der Waals surface area contributed by atoms with Crippen LogP contribution in [0.1, 0.15) is 18.4 Å². The number of hydrogen-bond acceptors (Lipinski definition) is 5. The van der Waals surface area contributed by atoms with E-state index in [9.17, 15) is 14.4 Å². The molecule has 0 radical (unpaired) electrons. The molecule has 1 unspecified atom stereocenters. The average Bonchev–Trinajstić information content (AvgIpc) is 3.16. The molecule has 0 bridgehead atoms. The highest BCUT2D eigenvalue weighted by Gasteiger charge is 2.48. The van der Waals surface area contributed by atoms with Crippen molar-refractivity contribution in [3.63, 3.8) is 0 Å². The van der Waals surface area contributed by atoms with Crippen molar-refractivity contribution in [3.05, 3.63) is 29.8 Å². The zero-order valence-electron chi connectivity index (χ0n) is 14.2. The van der Waals surface area contributed by atoms with Gasteiger partial charge in [0.05, 0.1) is 11.8 Å². The largest absolute Gasteiger partial charge is 0.480 e. The first kappa shape index (κ1) is 17.2. The van der Waals surface area contributed by atoms with Crippen molar-refractivity contribution in [2.75, 3.05) is 26.2 Å². The number of carboxylic acids is 1. The third-order valence-corrected chi connectivity index (χ3v) is 6.58. The van der Waals surface area contributed by atoms with E-state index in [1.165, 1.54) is 15.4 Å². The number of benzene rings is 1. The molecule has 2 saturated heterocycles. The fourth-order valence-corrected chi connectivity index (χ4v) is 5.18. The van der Waals surface area contributed by atoms with Crippen LogP contribution in [-0.2, 0) is 20.7 Å². The van der Waals surface area contributed by atoms with Gasteiger partial charge in [-0.3, -0.25) is 14.5 Å². The van der Waals surface area contributed by atoms with Crippen LogP contribution in [0.5, 0.6) is 0 Å². The second-order valence-corrected chi connectivity index (χ2v) is 8.29. The van der Waals surface area contributed by atoms with E-state index in [0.717, 1.165) is 6.42 Å². The summed E-state index contributed by atoms with van der Waals surface area (Å²) in [7, 11) is 0. The maximum atomic E-state index is 12.9. The van der Waals surface area contributed by atoms with Crippen LogP contribution in [0, 0.1) is 0 Å². The van der Waals surface area contributed by atoms with Gasteiger partial charge in [0.2, 0.25) is 5.91 Å². The van der Waals surface area contributed by atoms with Gasteiger partial charge in [0.1, 0.15) is 12.1 Å². The van der Waals surface area contributed by atoms with Gasteiger partial charge in [-0.2, -0.15) is 0 Å². The Labute approximate surface area is 155 Å². The quantitative estimate of drug-likeness (QED) is 0.862. The molecular weight excluding hydrogens is 356 g/mol. The van der Waals surface area contributed by atoms with Crippen molar-refractivity contribution >= 4 is 29.7 Å². The highest BCUT2D eigenvalue weighted by Crippen LogP contribution is 2.39. The first-order valence-electron chi connectivity index (χ1n) is 8.69. The molecule has 0 saturated carbocycles. The van der Waals surface area contributed by atoms with Crippen LogP contribution >= 0.6 is 11.8 Å². The molecule has 1 aromatic rings. The number of carbonyl (C=O) groups is 3. The van der Waals surface area contributed by atoms with Gasteiger partial charge in [0.25, 0.3) is 0 Å². The van der Waals surface area contributed by atoms with Gasteiger partial charge in [-0.05, 0) is 18.1 Å². The summed E-state index contributed by atoms with van der Waals surface area (Å²) in [6, 6.07) is 8.10. The third-order valence-electron chi connectivity index (χ3n) is 5.28. The molecule has 2 amide bonds. The summed E-state index contributed by atoms with van der Waals surface area (Å²) >= 11 is 1.62. The maximum Gasteiger partial charge on any atom is 0.411 e. The van der Waals surface area contributed by atoms with Gasteiger partial charge in [-0.1, -0.05) is 18.2 Å². The molecule has 7 nitrogen and oxygen atoms in total. The first-order valence-corrected chi connectivity index (χ1v) is 9.57. The lowest BCUT2D eigenvalue weighted by molar-refractivity contribution is -0.137. The van der Waals surface area contributed by atoms with Gasteiger partial charge >= 0.3 is 12.1 Å². The van der Waals surface area contributed by atoms with E-state index in [0.29, 0.717) is 25.9 Å². The molecule has 138 valence electrons. The van der Waals surface area contributed by atoms with Crippen molar-refractivity contribution in [1.82, 2.24) is 9.80 Å². The maximum absolute atomic E-state index is 12.9. The van der Waals surface area contributed by atoms with E-state index < -0.39 is 17.7 Å². The Morgan fingerprint density at radius 1 is 1.27 bits per heavy atom. The predicted octanol–water partition coefficient (Wildman–Crippen LogP) is 1.60. The van der Waals surface area contributed by atoms with Crippen molar-refractivity contribution in [3.8, 4) is 0 Å². The number of piperidine rings is 1. The number of aliphatic carboxylic acids is 1. The van der Waals surface area contributed by atoms with Gasteiger partial charge < -0.3 is 14.7 Å². The Bertz CT molecular complexity index is 735. The fourth-order valence-electron chi connectivity index (χ4n) is 3.90. The van der Waals surface area contributed by atoms with Gasteiger partial charge in [-0.15, -0.1) is 11.8 Å². The normalized spacial score (nSPS) is 23.8. The number of fused-ring (bicyclic) bond motifs is 1. The number of hydrogen-bond donors (Lipinski definition) is 1. The van der Waals surface area contributed by atoms with Crippen molar-refractivity contribution < 1.29 is 24.2 Å². The van der Waals surface area contributed by atoms with Crippen LogP contribution in [0.25, 0.3) is 0 Å². The Kier molecular flexibility index (Phi) is 4.30. The summed E-state index contributed by atoms with van der Waals surface area (Å²) in [6.45, 7) is 0.991. The Hall–Kier alpha value is -2.22. The summed E-state index contributed by atoms with van der Waals surface area (Å²) < 4.78 is 5.49. The molecule has 3 heterocycles. The predicted molar refractivity (Wildman–Crippen MR) is 94.0 cm³/mol. The van der Waals surface area contributed by atoms with E-state index in [-0.39, 0.29) is 24.2 Å². The number of thioether (sulfide) groups is 1. The minimum absolute atomic E-state index is 0.0870. The first-order chi connectivity index (χ1) is 12.5. The molecular formula is C18H20N2O5S. The van der Waals surface area contributed by atoms with E-state index in [2.05, 4.69) is 6.07 Å². The molecule has 1 N–H and O–H groups in total. The molecule has 0 aliphatic carbocycles. The third kappa shape index (κ3) is 3.13. The number of carbonyl (C=O) groups excluding carboxylic acids is 2. The van der Waals surface area contributed by atoms with Crippen LogP contribution in [-0.4, -0.2) is 69.9 Å². The smallest absolute Gasteiger partial charge is 0.411 e. The highest BCUT2D eigenvalue weighted by atomic mass is 32.2. The molecule has 26 heavy (non-hydrogen) atoms. The number of nitrogens with zero attached hydrogens (tertiary/aromatic N) is 2. The lowest BCUT2D eigenvalue weighted by Crippen LogP contribution is -2.50. The summed E-state index contributed by atoms with van der Waals surface area (Å²) in [4.78, 5) is 39.8. The van der Waals surface area contributed by atoms with Gasteiger partial charge in [0, 0.05) is 30.8 Å².